The van der Waals surface area contributed by atoms with Gasteiger partial charge in [-0.2, -0.15) is 10.1 Å². The third-order valence-electron chi connectivity index (χ3n) is 3.25. The van der Waals surface area contributed by atoms with Crippen LogP contribution in [0.5, 0.6) is 0 Å². The standard InChI is InChI=1S/C16H22ClN5/c1-10(2)5-6-18-16-21-14(9-19-22-16)20-15-12(4)7-11(3)8-13(15)17/h7-10H,5-6H2,1-4H3,(H2,18,20,21,22). The van der Waals surface area contributed by atoms with Gasteiger partial charge in [0, 0.05) is 6.54 Å². The second-order valence-corrected chi connectivity index (χ2v) is 6.25. The van der Waals surface area contributed by atoms with Crippen molar-refractivity contribution in [3.05, 3.63) is 34.5 Å². The van der Waals surface area contributed by atoms with Crippen LogP contribution in [0.1, 0.15) is 31.4 Å². The van der Waals surface area contributed by atoms with Crippen molar-refractivity contribution >= 4 is 29.1 Å². The van der Waals surface area contributed by atoms with E-state index in [0.29, 0.717) is 22.7 Å². The third-order valence-corrected chi connectivity index (χ3v) is 3.55. The maximum atomic E-state index is 6.30. The minimum Gasteiger partial charge on any atom is -0.353 e. The Hall–Kier alpha value is -1.88. The Balaban J connectivity index is 2.10. The number of benzene rings is 1. The molecule has 5 nitrogen and oxygen atoms in total. The number of nitrogens with one attached hydrogen (secondary N) is 2. The van der Waals surface area contributed by atoms with Gasteiger partial charge in [-0.3, -0.25) is 0 Å². The maximum absolute atomic E-state index is 6.30. The molecule has 0 fully saturated rings. The summed E-state index contributed by atoms with van der Waals surface area (Å²) in [5, 5.41) is 15.0. The first-order chi connectivity index (χ1) is 10.5. The first-order valence-corrected chi connectivity index (χ1v) is 7.81. The molecule has 2 N–H and O–H groups in total. The number of halogens is 1. The van der Waals surface area contributed by atoms with E-state index in [1.165, 1.54) is 0 Å². The van der Waals surface area contributed by atoms with Crippen LogP contribution < -0.4 is 10.6 Å². The summed E-state index contributed by atoms with van der Waals surface area (Å²) in [4.78, 5) is 4.42. The topological polar surface area (TPSA) is 62.7 Å². The fraction of sp³-hybridized carbons (Fsp3) is 0.438. The van der Waals surface area contributed by atoms with E-state index in [1.807, 2.05) is 19.9 Å². The van der Waals surface area contributed by atoms with E-state index >= 15 is 0 Å². The van der Waals surface area contributed by atoms with Gasteiger partial charge in [0.1, 0.15) is 0 Å². The predicted octanol–water partition coefficient (Wildman–Crippen LogP) is 4.34. The van der Waals surface area contributed by atoms with Crippen molar-refractivity contribution in [3.63, 3.8) is 0 Å². The molecule has 0 amide bonds. The Morgan fingerprint density at radius 1 is 1.23 bits per heavy atom. The summed E-state index contributed by atoms with van der Waals surface area (Å²) >= 11 is 6.30. The molecule has 0 radical (unpaired) electrons. The zero-order chi connectivity index (χ0) is 16.1. The Labute approximate surface area is 136 Å². The first-order valence-electron chi connectivity index (χ1n) is 7.43. The summed E-state index contributed by atoms with van der Waals surface area (Å²) in [6.07, 6.45) is 2.65. The lowest BCUT2D eigenvalue weighted by Crippen LogP contribution is -2.09. The number of rotatable bonds is 6. The molecule has 22 heavy (non-hydrogen) atoms. The molecule has 1 aromatic carbocycles. The molecule has 0 atom stereocenters. The molecule has 0 saturated heterocycles. The van der Waals surface area contributed by atoms with Crippen LogP contribution in [0.3, 0.4) is 0 Å². The average Bonchev–Trinajstić information content (AvgIpc) is 2.43. The summed E-state index contributed by atoms with van der Waals surface area (Å²) in [6.45, 7) is 9.22. The van der Waals surface area contributed by atoms with Crippen molar-refractivity contribution in [2.75, 3.05) is 17.2 Å². The van der Waals surface area contributed by atoms with Crippen LogP contribution in [0.4, 0.5) is 17.5 Å². The SMILES string of the molecule is Cc1cc(C)c(Nc2cnnc(NCCC(C)C)n2)c(Cl)c1. The Morgan fingerprint density at radius 3 is 2.68 bits per heavy atom. The lowest BCUT2D eigenvalue weighted by atomic mass is 10.1. The normalized spacial score (nSPS) is 10.8. The minimum absolute atomic E-state index is 0.520. The molecule has 0 bridgehead atoms. The van der Waals surface area contributed by atoms with Gasteiger partial charge in [0.2, 0.25) is 5.95 Å². The van der Waals surface area contributed by atoms with E-state index in [1.54, 1.807) is 6.20 Å². The molecular weight excluding hydrogens is 298 g/mol. The average molecular weight is 320 g/mol. The summed E-state index contributed by atoms with van der Waals surface area (Å²) in [6, 6.07) is 4.00. The van der Waals surface area contributed by atoms with Gasteiger partial charge in [-0.25, -0.2) is 0 Å². The van der Waals surface area contributed by atoms with E-state index in [0.717, 1.165) is 29.8 Å². The zero-order valence-corrected chi connectivity index (χ0v) is 14.2. The molecule has 0 aliphatic rings. The predicted molar refractivity (Wildman–Crippen MR) is 92.0 cm³/mol. The van der Waals surface area contributed by atoms with Crippen LogP contribution in [0.15, 0.2) is 18.3 Å². The molecule has 0 saturated carbocycles. The molecule has 1 aromatic heterocycles. The largest absolute Gasteiger partial charge is 0.353 e. The Bertz CT molecular complexity index is 619. The van der Waals surface area contributed by atoms with Crippen LogP contribution in [0.25, 0.3) is 0 Å². The summed E-state index contributed by atoms with van der Waals surface area (Å²) < 4.78 is 0. The van der Waals surface area contributed by atoms with Gasteiger partial charge in [0.05, 0.1) is 16.9 Å². The number of aromatic nitrogens is 3. The molecule has 0 spiro atoms. The van der Waals surface area contributed by atoms with Crippen molar-refractivity contribution in [2.45, 2.75) is 34.1 Å². The minimum atomic E-state index is 0.520. The number of nitrogens with zero attached hydrogens (tertiary/aromatic N) is 3. The Morgan fingerprint density at radius 2 is 2.00 bits per heavy atom. The highest BCUT2D eigenvalue weighted by molar-refractivity contribution is 6.33. The van der Waals surface area contributed by atoms with Gasteiger partial charge in [-0.15, -0.1) is 5.10 Å². The van der Waals surface area contributed by atoms with Gasteiger partial charge in [-0.05, 0) is 43.4 Å². The van der Waals surface area contributed by atoms with Crippen LogP contribution in [-0.2, 0) is 0 Å². The molecule has 0 aliphatic heterocycles. The number of hydrogen-bond acceptors (Lipinski definition) is 5. The molecule has 2 aromatic rings. The van der Waals surface area contributed by atoms with Crippen molar-refractivity contribution in [1.29, 1.82) is 0 Å². The quantitative estimate of drug-likeness (QED) is 0.829. The van der Waals surface area contributed by atoms with E-state index in [-0.39, 0.29) is 0 Å². The van der Waals surface area contributed by atoms with Gasteiger partial charge in [0.15, 0.2) is 5.82 Å². The number of anilines is 3. The van der Waals surface area contributed by atoms with E-state index in [9.17, 15) is 0 Å². The highest BCUT2D eigenvalue weighted by Gasteiger charge is 2.08. The van der Waals surface area contributed by atoms with E-state index < -0.39 is 0 Å². The Kier molecular flexibility index (Phi) is 5.55. The molecular formula is C16H22ClN5. The smallest absolute Gasteiger partial charge is 0.244 e. The number of aryl methyl sites for hydroxylation is 2. The highest BCUT2D eigenvalue weighted by Crippen LogP contribution is 2.29. The summed E-state index contributed by atoms with van der Waals surface area (Å²) in [5.41, 5.74) is 3.05. The van der Waals surface area contributed by atoms with Crippen LogP contribution in [0.2, 0.25) is 5.02 Å². The van der Waals surface area contributed by atoms with Crippen molar-refractivity contribution in [2.24, 2.45) is 5.92 Å². The zero-order valence-electron chi connectivity index (χ0n) is 13.4. The van der Waals surface area contributed by atoms with Crippen LogP contribution >= 0.6 is 11.6 Å². The maximum Gasteiger partial charge on any atom is 0.244 e. The fourth-order valence-corrected chi connectivity index (χ4v) is 2.48. The lowest BCUT2D eigenvalue weighted by molar-refractivity contribution is 0.605. The van der Waals surface area contributed by atoms with Crippen molar-refractivity contribution < 1.29 is 0 Å². The van der Waals surface area contributed by atoms with E-state index in [2.05, 4.69) is 45.7 Å². The first kappa shape index (κ1) is 16.5. The van der Waals surface area contributed by atoms with E-state index in [4.69, 9.17) is 11.6 Å². The van der Waals surface area contributed by atoms with Gasteiger partial charge < -0.3 is 10.6 Å². The van der Waals surface area contributed by atoms with Crippen molar-refractivity contribution in [3.8, 4) is 0 Å². The lowest BCUT2D eigenvalue weighted by Gasteiger charge is -2.12. The monoisotopic (exact) mass is 319 g/mol. The molecule has 6 heteroatoms. The summed E-state index contributed by atoms with van der Waals surface area (Å²) in [5.74, 6) is 1.78. The van der Waals surface area contributed by atoms with Gasteiger partial charge in [-0.1, -0.05) is 31.5 Å². The summed E-state index contributed by atoms with van der Waals surface area (Å²) in [7, 11) is 0. The van der Waals surface area contributed by atoms with Crippen molar-refractivity contribution in [1.82, 2.24) is 15.2 Å². The molecule has 1 heterocycles. The van der Waals surface area contributed by atoms with Crippen LogP contribution in [-0.4, -0.2) is 21.7 Å². The number of hydrogen-bond donors (Lipinski definition) is 2. The molecule has 0 unspecified atom stereocenters. The third kappa shape index (κ3) is 4.56. The second kappa shape index (κ2) is 7.40. The van der Waals surface area contributed by atoms with Gasteiger partial charge in [0.25, 0.3) is 0 Å². The van der Waals surface area contributed by atoms with Gasteiger partial charge >= 0.3 is 0 Å². The van der Waals surface area contributed by atoms with Crippen LogP contribution in [0, 0.1) is 19.8 Å². The fourth-order valence-electron chi connectivity index (χ4n) is 2.11. The molecule has 0 aliphatic carbocycles. The highest BCUT2D eigenvalue weighted by atomic mass is 35.5. The molecule has 2 rings (SSSR count). The molecule has 118 valence electrons. The second-order valence-electron chi connectivity index (χ2n) is 5.84.